The van der Waals surface area contributed by atoms with Gasteiger partial charge in [-0.3, -0.25) is 4.79 Å². The Labute approximate surface area is 172 Å². The third kappa shape index (κ3) is 5.05. The lowest BCUT2D eigenvalue weighted by Gasteiger charge is -2.34. The number of hydrogen-bond acceptors (Lipinski definition) is 5. The van der Waals surface area contributed by atoms with Crippen molar-refractivity contribution in [2.24, 2.45) is 5.92 Å². The molecule has 1 N–H and O–H groups in total. The van der Waals surface area contributed by atoms with Crippen molar-refractivity contribution in [3.8, 4) is 11.6 Å². The predicted molar refractivity (Wildman–Crippen MR) is 113 cm³/mol. The van der Waals surface area contributed by atoms with Crippen LogP contribution < -0.4 is 15.0 Å². The third-order valence-corrected chi connectivity index (χ3v) is 5.93. The van der Waals surface area contributed by atoms with E-state index < -0.39 is 0 Å². The largest absolute Gasteiger partial charge is 0.436 e. The minimum atomic E-state index is -0.0140. The first-order chi connectivity index (χ1) is 14.2. The summed E-state index contributed by atoms with van der Waals surface area (Å²) in [6, 6.07) is 8.24. The van der Waals surface area contributed by atoms with E-state index in [0.29, 0.717) is 24.3 Å². The maximum atomic E-state index is 12.8. The molecule has 6 heteroatoms. The van der Waals surface area contributed by atoms with Gasteiger partial charge in [-0.05, 0) is 44.7 Å². The standard InChI is InChI=1S/C23H30N4O2/c1-17-9-11-20(12-10-17)29-23-21(24-13-14-25-23)27-15-5-6-18(16-27)22(28)26-19-7-3-2-4-8-19/h9-14,18-19H,2-8,15-16H2,1H3,(H,26,28). The summed E-state index contributed by atoms with van der Waals surface area (Å²) in [4.78, 5) is 23.9. The second-order valence-corrected chi connectivity index (χ2v) is 8.23. The summed E-state index contributed by atoms with van der Waals surface area (Å²) >= 11 is 0. The molecule has 1 unspecified atom stereocenters. The van der Waals surface area contributed by atoms with Crippen LogP contribution in [0.3, 0.4) is 0 Å². The molecule has 1 aliphatic carbocycles. The number of rotatable bonds is 5. The summed E-state index contributed by atoms with van der Waals surface area (Å²) in [6.07, 6.45) is 11.2. The summed E-state index contributed by atoms with van der Waals surface area (Å²) in [5.41, 5.74) is 1.18. The smallest absolute Gasteiger partial charge is 0.263 e. The number of aromatic nitrogens is 2. The first-order valence-corrected chi connectivity index (χ1v) is 10.8. The molecule has 0 spiro atoms. The lowest BCUT2D eigenvalue weighted by atomic mass is 9.93. The Balaban J connectivity index is 1.44. The van der Waals surface area contributed by atoms with Crippen LogP contribution in [-0.2, 0) is 4.79 Å². The molecule has 2 aromatic rings. The molecule has 29 heavy (non-hydrogen) atoms. The quantitative estimate of drug-likeness (QED) is 0.821. The van der Waals surface area contributed by atoms with Crippen molar-refractivity contribution in [2.75, 3.05) is 18.0 Å². The van der Waals surface area contributed by atoms with Gasteiger partial charge in [-0.25, -0.2) is 9.97 Å². The fourth-order valence-electron chi connectivity index (χ4n) is 4.27. The van der Waals surface area contributed by atoms with Crippen molar-refractivity contribution in [3.05, 3.63) is 42.2 Å². The highest BCUT2D eigenvalue weighted by Gasteiger charge is 2.30. The Kier molecular flexibility index (Phi) is 6.27. The highest BCUT2D eigenvalue weighted by molar-refractivity contribution is 5.80. The Morgan fingerprint density at radius 3 is 2.59 bits per heavy atom. The van der Waals surface area contributed by atoms with Gasteiger partial charge in [-0.2, -0.15) is 0 Å². The number of ether oxygens (including phenoxy) is 1. The molecule has 4 rings (SSSR count). The monoisotopic (exact) mass is 394 g/mol. The summed E-state index contributed by atoms with van der Waals surface area (Å²) < 4.78 is 6.02. The lowest BCUT2D eigenvalue weighted by molar-refractivity contribution is -0.126. The second-order valence-electron chi connectivity index (χ2n) is 8.23. The van der Waals surface area contributed by atoms with Gasteiger partial charge in [0.15, 0.2) is 5.82 Å². The minimum Gasteiger partial charge on any atom is -0.436 e. The molecular formula is C23H30N4O2. The summed E-state index contributed by atoms with van der Waals surface area (Å²) in [6.45, 7) is 3.56. The number of carbonyl (C=O) groups is 1. The molecule has 6 nitrogen and oxygen atoms in total. The first kappa shape index (κ1) is 19.7. The van der Waals surface area contributed by atoms with Crippen LogP contribution >= 0.6 is 0 Å². The van der Waals surface area contributed by atoms with E-state index in [2.05, 4.69) is 20.2 Å². The maximum Gasteiger partial charge on any atom is 0.263 e. The van der Waals surface area contributed by atoms with E-state index in [1.165, 1.54) is 24.8 Å². The summed E-state index contributed by atoms with van der Waals surface area (Å²) in [7, 11) is 0. The fourth-order valence-corrected chi connectivity index (χ4v) is 4.27. The normalized spacial score (nSPS) is 20.3. The number of carbonyl (C=O) groups excluding carboxylic acids is 1. The van der Waals surface area contributed by atoms with Gasteiger partial charge in [0.25, 0.3) is 5.88 Å². The van der Waals surface area contributed by atoms with Gasteiger partial charge in [0, 0.05) is 31.5 Å². The van der Waals surface area contributed by atoms with Gasteiger partial charge in [0.2, 0.25) is 5.91 Å². The van der Waals surface area contributed by atoms with Gasteiger partial charge in [0.1, 0.15) is 5.75 Å². The van der Waals surface area contributed by atoms with E-state index in [-0.39, 0.29) is 11.8 Å². The van der Waals surface area contributed by atoms with Crippen LogP contribution in [0.15, 0.2) is 36.7 Å². The SMILES string of the molecule is Cc1ccc(Oc2nccnc2N2CCCC(C(=O)NC3CCCCC3)C2)cc1. The maximum absolute atomic E-state index is 12.8. The number of hydrogen-bond donors (Lipinski definition) is 1. The number of benzene rings is 1. The minimum absolute atomic E-state index is 0.0140. The van der Waals surface area contributed by atoms with E-state index in [0.717, 1.165) is 38.0 Å². The Morgan fingerprint density at radius 1 is 1.03 bits per heavy atom. The highest BCUT2D eigenvalue weighted by atomic mass is 16.5. The molecule has 2 heterocycles. The number of nitrogens with zero attached hydrogens (tertiary/aromatic N) is 3. The molecule has 0 radical (unpaired) electrons. The van der Waals surface area contributed by atoms with Crippen molar-refractivity contribution in [2.45, 2.75) is 57.9 Å². The first-order valence-electron chi connectivity index (χ1n) is 10.8. The Hall–Kier alpha value is -2.63. The lowest BCUT2D eigenvalue weighted by Crippen LogP contribution is -2.46. The molecule has 1 amide bonds. The van der Waals surface area contributed by atoms with E-state index in [9.17, 15) is 4.79 Å². The van der Waals surface area contributed by atoms with Crippen LogP contribution in [0.25, 0.3) is 0 Å². The number of amides is 1. The van der Waals surface area contributed by atoms with E-state index in [1.807, 2.05) is 31.2 Å². The van der Waals surface area contributed by atoms with Crippen LogP contribution in [0.5, 0.6) is 11.6 Å². The summed E-state index contributed by atoms with van der Waals surface area (Å²) in [5.74, 6) is 2.11. The molecule has 0 bridgehead atoms. The van der Waals surface area contributed by atoms with Gasteiger partial charge in [0.05, 0.1) is 5.92 Å². The van der Waals surface area contributed by atoms with Crippen molar-refractivity contribution in [1.29, 1.82) is 0 Å². The average molecular weight is 395 g/mol. The van der Waals surface area contributed by atoms with Gasteiger partial charge >= 0.3 is 0 Å². The van der Waals surface area contributed by atoms with Crippen LogP contribution in [0.1, 0.15) is 50.5 Å². The third-order valence-electron chi connectivity index (χ3n) is 5.93. The molecule has 1 saturated carbocycles. The van der Waals surface area contributed by atoms with Crippen molar-refractivity contribution in [1.82, 2.24) is 15.3 Å². The van der Waals surface area contributed by atoms with Crippen LogP contribution in [0.2, 0.25) is 0 Å². The fraction of sp³-hybridized carbons (Fsp3) is 0.522. The average Bonchev–Trinajstić information content (AvgIpc) is 2.76. The predicted octanol–water partition coefficient (Wildman–Crippen LogP) is 4.24. The Morgan fingerprint density at radius 2 is 1.79 bits per heavy atom. The second kappa shape index (κ2) is 9.25. The molecule has 1 saturated heterocycles. The van der Waals surface area contributed by atoms with Crippen LogP contribution in [0.4, 0.5) is 5.82 Å². The number of aryl methyl sites for hydroxylation is 1. The summed E-state index contributed by atoms with van der Waals surface area (Å²) in [5, 5.41) is 3.29. The van der Waals surface area contributed by atoms with Gasteiger partial charge < -0.3 is 15.0 Å². The van der Waals surface area contributed by atoms with Crippen LogP contribution in [-0.4, -0.2) is 35.0 Å². The van der Waals surface area contributed by atoms with Gasteiger partial charge in [-0.15, -0.1) is 0 Å². The molecule has 1 aromatic carbocycles. The Bertz CT molecular complexity index is 818. The number of anilines is 1. The molecular weight excluding hydrogens is 364 g/mol. The zero-order valence-corrected chi connectivity index (χ0v) is 17.1. The molecule has 2 fully saturated rings. The number of piperidine rings is 1. The van der Waals surface area contributed by atoms with E-state index in [1.54, 1.807) is 12.4 Å². The van der Waals surface area contributed by atoms with Crippen molar-refractivity contribution >= 4 is 11.7 Å². The molecule has 1 aliphatic heterocycles. The number of nitrogens with one attached hydrogen (secondary N) is 1. The molecule has 1 atom stereocenters. The van der Waals surface area contributed by atoms with Crippen LogP contribution in [0, 0.1) is 12.8 Å². The molecule has 1 aromatic heterocycles. The topological polar surface area (TPSA) is 67.4 Å². The van der Waals surface area contributed by atoms with Crippen molar-refractivity contribution in [3.63, 3.8) is 0 Å². The van der Waals surface area contributed by atoms with Gasteiger partial charge in [-0.1, -0.05) is 37.0 Å². The van der Waals surface area contributed by atoms with E-state index in [4.69, 9.17) is 4.74 Å². The van der Waals surface area contributed by atoms with Crippen molar-refractivity contribution < 1.29 is 9.53 Å². The highest BCUT2D eigenvalue weighted by Crippen LogP contribution is 2.31. The van der Waals surface area contributed by atoms with E-state index >= 15 is 0 Å². The zero-order chi connectivity index (χ0) is 20.1. The zero-order valence-electron chi connectivity index (χ0n) is 17.1. The molecule has 2 aliphatic rings. The molecule has 154 valence electrons.